The van der Waals surface area contributed by atoms with E-state index in [1.54, 1.807) is 41.2 Å². The van der Waals surface area contributed by atoms with Crippen molar-refractivity contribution < 1.29 is 13.9 Å². The number of benzene rings is 1. The molecule has 3 heterocycles. The number of nitrogens with two attached hydrogens (primary N) is 1. The van der Waals surface area contributed by atoms with E-state index in [1.165, 1.54) is 6.07 Å². The van der Waals surface area contributed by atoms with Crippen LogP contribution in [0, 0.1) is 5.82 Å². The number of hydrogen-bond acceptors (Lipinski definition) is 6. The van der Waals surface area contributed by atoms with Crippen LogP contribution < -0.4 is 10.6 Å². The van der Waals surface area contributed by atoms with E-state index in [0.717, 1.165) is 5.69 Å². The molecular weight excluding hydrogens is 437 g/mol. The van der Waals surface area contributed by atoms with Crippen LogP contribution in [0.3, 0.4) is 0 Å². The van der Waals surface area contributed by atoms with Gasteiger partial charge in [-0.2, -0.15) is 5.10 Å². The van der Waals surface area contributed by atoms with Crippen LogP contribution in [0.4, 0.5) is 20.7 Å². The predicted octanol–water partition coefficient (Wildman–Crippen LogP) is 3.59. The Bertz CT molecular complexity index is 1230. The monoisotopic (exact) mass is 467 g/mol. The Morgan fingerprint density at radius 2 is 2.03 bits per heavy atom. The molecule has 1 aliphatic rings. The minimum absolute atomic E-state index is 0.00534. The number of amidine groups is 1. The molecule has 9 nitrogen and oxygen atoms in total. The van der Waals surface area contributed by atoms with E-state index in [0.29, 0.717) is 41.9 Å². The van der Waals surface area contributed by atoms with Crippen molar-refractivity contribution in [1.82, 2.24) is 19.7 Å². The zero-order valence-electron chi connectivity index (χ0n) is 20.1. The van der Waals surface area contributed by atoms with Crippen molar-refractivity contribution >= 4 is 34.3 Å². The number of fused-ring (bicyclic) bond motifs is 1. The van der Waals surface area contributed by atoms with Gasteiger partial charge in [0.15, 0.2) is 11.6 Å². The van der Waals surface area contributed by atoms with Gasteiger partial charge >= 0.3 is 6.09 Å². The van der Waals surface area contributed by atoms with Crippen LogP contribution in [-0.4, -0.2) is 62.9 Å². The third-order valence-corrected chi connectivity index (χ3v) is 5.56. The first-order valence-electron chi connectivity index (χ1n) is 11.2. The van der Waals surface area contributed by atoms with Gasteiger partial charge in [0.1, 0.15) is 17.0 Å². The van der Waals surface area contributed by atoms with Crippen LogP contribution in [-0.2, 0) is 11.8 Å². The molecule has 0 aliphatic carbocycles. The maximum atomic E-state index is 14.4. The summed E-state index contributed by atoms with van der Waals surface area (Å²) in [7, 11) is 1.74. The summed E-state index contributed by atoms with van der Waals surface area (Å²) in [6.07, 6.45) is 3.16. The molecule has 2 N–H and O–H groups in total. The number of aliphatic imine (C=N–C) groups is 1. The summed E-state index contributed by atoms with van der Waals surface area (Å²) in [5.74, 6) is 0.145. The molecule has 1 fully saturated rings. The quantitative estimate of drug-likeness (QED) is 0.467. The van der Waals surface area contributed by atoms with E-state index < -0.39 is 11.4 Å². The molecule has 3 aromatic rings. The molecule has 1 amide bonds. The van der Waals surface area contributed by atoms with E-state index >= 15 is 0 Å². The minimum atomic E-state index is -0.522. The number of aromatic nitrogens is 3. The van der Waals surface area contributed by atoms with Gasteiger partial charge < -0.3 is 20.3 Å². The Balaban J connectivity index is 1.44. The van der Waals surface area contributed by atoms with Crippen molar-refractivity contribution in [2.24, 2.45) is 17.8 Å². The fraction of sp³-hybridized carbons (Fsp3) is 0.417. The summed E-state index contributed by atoms with van der Waals surface area (Å²) < 4.78 is 21.4. The second-order valence-corrected chi connectivity index (χ2v) is 9.54. The predicted molar refractivity (Wildman–Crippen MR) is 130 cm³/mol. The van der Waals surface area contributed by atoms with Crippen LogP contribution in [0.5, 0.6) is 0 Å². The van der Waals surface area contributed by atoms with E-state index in [9.17, 15) is 9.18 Å². The first kappa shape index (κ1) is 23.5. The van der Waals surface area contributed by atoms with Gasteiger partial charge in [-0.1, -0.05) is 0 Å². The summed E-state index contributed by atoms with van der Waals surface area (Å²) in [6.45, 7) is 9.48. The zero-order chi connectivity index (χ0) is 24.6. The number of carbonyl (C=O) groups excluding carboxylic acids is 1. The lowest BCUT2D eigenvalue weighted by Crippen LogP contribution is -2.55. The molecule has 34 heavy (non-hydrogen) atoms. The largest absolute Gasteiger partial charge is 0.444 e. The average molecular weight is 468 g/mol. The maximum absolute atomic E-state index is 14.4. The number of piperazine rings is 1. The molecule has 10 heteroatoms. The zero-order valence-corrected chi connectivity index (χ0v) is 20.1. The molecular formula is C24H30FN7O2. The summed E-state index contributed by atoms with van der Waals surface area (Å²) in [4.78, 5) is 25.1. The number of nitrogens with zero attached hydrogens (tertiary/aromatic N) is 6. The molecule has 0 spiro atoms. The van der Waals surface area contributed by atoms with Crippen molar-refractivity contribution in [3.8, 4) is 0 Å². The van der Waals surface area contributed by atoms with Gasteiger partial charge in [0.2, 0.25) is 0 Å². The number of halogens is 1. The van der Waals surface area contributed by atoms with Gasteiger partial charge in [0.05, 0.1) is 11.9 Å². The summed E-state index contributed by atoms with van der Waals surface area (Å²) >= 11 is 0. The van der Waals surface area contributed by atoms with E-state index in [2.05, 4.69) is 20.0 Å². The fourth-order valence-corrected chi connectivity index (χ4v) is 3.96. The lowest BCUT2D eigenvalue weighted by Gasteiger charge is -2.41. The van der Waals surface area contributed by atoms with Crippen LogP contribution in [0.15, 0.2) is 41.7 Å². The van der Waals surface area contributed by atoms with Crippen molar-refractivity contribution in [1.29, 1.82) is 0 Å². The highest BCUT2D eigenvalue weighted by Gasteiger charge is 2.31. The number of aryl methyl sites for hydroxylation is 1. The number of amides is 1. The highest BCUT2D eigenvalue weighted by atomic mass is 19.1. The summed E-state index contributed by atoms with van der Waals surface area (Å²) in [5.41, 5.74) is 7.30. The topological polar surface area (TPSA) is 102 Å². The molecule has 1 saturated heterocycles. The number of anilines is 1. The Labute approximate surface area is 198 Å². The lowest BCUT2D eigenvalue weighted by molar-refractivity contribution is 0.0159. The Morgan fingerprint density at radius 3 is 2.68 bits per heavy atom. The van der Waals surface area contributed by atoms with E-state index in [4.69, 9.17) is 10.5 Å². The van der Waals surface area contributed by atoms with Crippen LogP contribution in [0.25, 0.3) is 10.9 Å². The number of ether oxygens (including phenoxy) is 1. The summed E-state index contributed by atoms with van der Waals surface area (Å²) in [6, 6.07) is 6.76. The van der Waals surface area contributed by atoms with Crippen molar-refractivity contribution in [2.45, 2.75) is 39.3 Å². The molecule has 1 aliphatic heterocycles. The molecule has 0 saturated carbocycles. The van der Waals surface area contributed by atoms with E-state index in [-0.39, 0.29) is 18.0 Å². The van der Waals surface area contributed by atoms with E-state index in [1.807, 2.05) is 33.8 Å². The number of carbonyl (C=O) groups is 1. The Kier molecular flexibility index (Phi) is 6.16. The SMILES string of the molecule is C[C@H]1CN(c2ccc(N=C(N)c3cc(F)c4nn(C)cc4c3)nc2)CCN1C(=O)OC(C)(C)C. The van der Waals surface area contributed by atoms with Gasteiger partial charge in [-0.3, -0.25) is 4.68 Å². The average Bonchev–Trinajstić information content (AvgIpc) is 3.13. The highest BCUT2D eigenvalue weighted by molar-refractivity contribution is 6.01. The molecule has 0 bridgehead atoms. The third kappa shape index (κ3) is 5.11. The molecule has 180 valence electrons. The third-order valence-electron chi connectivity index (χ3n) is 5.56. The Hall–Kier alpha value is -3.69. The standard InChI is InChI=1S/C24H30FN7O2/c1-15-13-31(8-9-32(15)23(33)34-24(2,3)4)18-6-7-20(27-12-18)28-22(26)16-10-17-14-30(5)29-21(17)19(25)11-16/h6-7,10-12,14-15H,8-9,13H2,1-5H3,(H2,26,27,28)/t15-/m0/s1. The normalized spacial score (nSPS) is 17.4. The molecule has 4 rings (SSSR count). The molecule has 0 radical (unpaired) electrons. The number of pyridine rings is 1. The van der Waals surface area contributed by atoms with Crippen LogP contribution in [0.1, 0.15) is 33.3 Å². The maximum Gasteiger partial charge on any atom is 0.410 e. The second-order valence-electron chi connectivity index (χ2n) is 9.54. The van der Waals surface area contributed by atoms with Crippen molar-refractivity contribution in [3.63, 3.8) is 0 Å². The van der Waals surface area contributed by atoms with Crippen molar-refractivity contribution in [2.75, 3.05) is 24.5 Å². The minimum Gasteiger partial charge on any atom is -0.444 e. The van der Waals surface area contributed by atoms with Gasteiger partial charge in [-0.25, -0.2) is 19.2 Å². The first-order chi connectivity index (χ1) is 16.0. The smallest absolute Gasteiger partial charge is 0.410 e. The van der Waals surface area contributed by atoms with Gasteiger partial charge in [-0.15, -0.1) is 0 Å². The van der Waals surface area contributed by atoms with Gasteiger partial charge in [0, 0.05) is 49.9 Å². The second kappa shape index (κ2) is 8.92. The molecule has 1 aromatic carbocycles. The van der Waals surface area contributed by atoms with Gasteiger partial charge in [-0.05, 0) is 52.0 Å². The van der Waals surface area contributed by atoms with Gasteiger partial charge in [0.25, 0.3) is 0 Å². The lowest BCUT2D eigenvalue weighted by atomic mass is 10.1. The Morgan fingerprint density at radius 1 is 1.26 bits per heavy atom. The number of hydrogen-bond donors (Lipinski definition) is 1. The first-order valence-corrected chi connectivity index (χ1v) is 11.2. The molecule has 2 aromatic heterocycles. The molecule has 1 atom stereocenters. The van der Waals surface area contributed by atoms with Crippen LogP contribution in [0.2, 0.25) is 0 Å². The highest BCUT2D eigenvalue weighted by Crippen LogP contribution is 2.23. The summed E-state index contributed by atoms with van der Waals surface area (Å²) in [5, 5.41) is 4.75. The van der Waals surface area contributed by atoms with Crippen molar-refractivity contribution in [3.05, 3.63) is 48.0 Å². The fourth-order valence-electron chi connectivity index (χ4n) is 3.96. The van der Waals surface area contributed by atoms with Crippen LogP contribution >= 0.6 is 0 Å². The number of rotatable bonds is 3. The molecule has 0 unspecified atom stereocenters.